The molecular formula is C13H21NO4S. The second-order valence-electron chi connectivity index (χ2n) is 4.68. The van der Waals surface area contributed by atoms with E-state index < -0.39 is 16.1 Å². The fourth-order valence-electron chi connectivity index (χ4n) is 1.64. The Morgan fingerprint density at radius 3 is 2.26 bits per heavy atom. The van der Waals surface area contributed by atoms with E-state index in [9.17, 15) is 8.42 Å². The zero-order chi connectivity index (χ0) is 14.5. The van der Waals surface area contributed by atoms with Crippen molar-refractivity contribution in [1.29, 1.82) is 0 Å². The molecule has 0 radical (unpaired) electrons. The Kier molecular flexibility index (Phi) is 5.93. The minimum atomic E-state index is -3.63. The summed E-state index contributed by atoms with van der Waals surface area (Å²) in [5.41, 5.74) is 1.08. The van der Waals surface area contributed by atoms with Gasteiger partial charge in [0.25, 0.3) is 0 Å². The van der Waals surface area contributed by atoms with Crippen LogP contribution < -0.4 is 4.72 Å². The van der Waals surface area contributed by atoms with Crippen molar-refractivity contribution in [2.45, 2.75) is 30.7 Å². The van der Waals surface area contributed by atoms with Crippen LogP contribution in [0.5, 0.6) is 0 Å². The molecule has 6 heteroatoms. The van der Waals surface area contributed by atoms with Gasteiger partial charge in [-0.2, -0.15) is 0 Å². The molecule has 0 aliphatic rings. The molecule has 0 heterocycles. The molecule has 0 saturated carbocycles. The van der Waals surface area contributed by atoms with Gasteiger partial charge < -0.3 is 9.84 Å². The number of aliphatic hydroxyl groups is 1. The Balaban J connectivity index is 2.87. The summed E-state index contributed by atoms with van der Waals surface area (Å²) in [5.74, 6) is 0.350. The van der Waals surface area contributed by atoms with Crippen LogP contribution >= 0.6 is 0 Å². The minimum Gasteiger partial charge on any atom is -0.395 e. The van der Waals surface area contributed by atoms with Gasteiger partial charge in [-0.3, -0.25) is 0 Å². The molecule has 108 valence electrons. The molecule has 0 fully saturated rings. The van der Waals surface area contributed by atoms with E-state index in [0.29, 0.717) is 5.92 Å². The van der Waals surface area contributed by atoms with E-state index in [2.05, 4.69) is 4.72 Å². The molecule has 0 spiro atoms. The zero-order valence-electron chi connectivity index (χ0n) is 11.5. The normalized spacial score (nSPS) is 13.7. The first-order valence-corrected chi connectivity index (χ1v) is 7.61. The molecule has 1 aromatic carbocycles. The number of ether oxygens (including phenoxy) is 1. The Bertz CT molecular complexity index is 482. The van der Waals surface area contributed by atoms with Gasteiger partial charge in [0.1, 0.15) is 0 Å². The monoisotopic (exact) mass is 287 g/mol. The average molecular weight is 287 g/mol. The first-order valence-electron chi connectivity index (χ1n) is 6.12. The molecule has 1 atom stereocenters. The number of hydrogen-bond acceptors (Lipinski definition) is 4. The highest BCUT2D eigenvalue weighted by Gasteiger charge is 2.19. The topological polar surface area (TPSA) is 75.6 Å². The standard InChI is InChI=1S/C13H21NO4S/c1-10(2)11-4-6-13(7-5-11)19(16,17)14-12(8-15)9-18-3/h4-7,10,12,14-15H,8-9H2,1-3H3. The lowest BCUT2D eigenvalue weighted by Crippen LogP contribution is -2.40. The van der Waals surface area contributed by atoms with E-state index in [1.165, 1.54) is 7.11 Å². The molecular weight excluding hydrogens is 266 g/mol. The van der Waals surface area contributed by atoms with Gasteiger partial charge in [-0.05, 0) is 23.6 Å². The second kappa shape index (κ2) is 7.00. The number of benzene rings is 1. The summed E-state index contributed by atoms with van der Waals surface area (Å²) in [6.45, 7) is 3.90. The zero-order valence-corrected chi connectivity index (χ0v) is 12.3. The van der Waals surface area contributed by atoms with Crippen molar-refractivity contribution in [1.82, 2.24) is 4.72 Å². The lowest BCUT2D eigenvalue weighted by atomic mass is 10.0. The summed E-state index contributed by atoms with van der Waals surface area (Å²) in [7, 11) is -2.17. The average Bonchev–Trinajstić information content (AvgIpc) is 2.38. The lowest BCUT2D eigenvalue weighted by molar-refractivity contribution is 0.139. The third kappa shape index (κ3) is 4.58. The maximum absolute atomic E-state index is 12.1. The van der Waals surface area contributed by atoms with Crippen molar-refractivity contribution in [3.05, 3.63) is 29.8 Å². The van der Waals surface area contributed by atoms with Gasteiger partial charge in [0.05, 0.1) is 24.2 Å². The van der Waals surface area contributed by atoms with Crippen LogP contribution in [0.2, 0.25) is 0 Å². The quantitative estimate of drug-likeness (QED) is 0.787. The molecule has 0 bridgehead atoms. The van der Waals surface area contributed by atoms with Gasteiger partial charge in [-0.15, -0.1) is 0 Å². The minimum absolute atomic E-state index is 0.125. The lowest BCUT2D eigenvalue weighted by Gasteiger charge is -2.15. The number of methoxy groups -OCH3 is 1. The Hall–Kier alpha value is -0.950. The highest BCUT2D eigenvalue weighted by Crippen LogP contribution is 2.17. The van der Waals surface area contributed by atoms with E-state index in [0.717, 1.165) is 5.56 Å². The van der Waals surface area contributed by atoms with Gasteiger partial charge in [0.15, 0.2) is 0 Å². The van der Waals surface area contributed by atoms with E-state index in [1.54, 1.807) is 24.3 Å². The Morgan fingerprint density at radius 1 is 1.26 bits per heavy atom. The van der Waals surface area contributed by atoms with Gasteiger partial charge in [-0.25, -0.2) is 13.1 Å². The fourth-order valence-corrected chi connectivity index (χ4v) is 2.86. The third-order valence-electron chi connectivity index (χ3n) is 2.77. The second-order valence-corrected chi connectivity index (χ2v) is 6.39. The number of rotatable bonds is 7. The van der Waals surface area contributed by atoms with Crippen molar-refractivity contribution in [2.75, 3.05) is 20.3 Å². The molecule has 0 saturated heterocycles. The maximum Gasteiger partial charge on any atom is 0.240 e. The van der Waals surface area contributed by atoms with Gasteiger partial charge in [0, 0.05) is 7.11 Å². The van der Waals surface area contributed by atoms with E-state index in [4.69, 9.17) is 9.84 Å². The van der Waals surface area contributed by atoms with Crippen LogP contribution in [0.1, 0.15) is 25.3 Å². The molecule has 1 unspecified atom stereocenters. The third-order valence-corrected chi connectivity index (χ3v) is 4.30. The Morgan fingerprint density at radius 2 is 1.84 bits per heavy atom. The molecule has 0 aliphatic heterocycles. The van der Waals surface area contributed by atoms with Crippen molar-refractivity contribution in [3.63, 3.8) is 0 Å². The highest BCUT2D eigenvalue weighted by molar-refractivity contribution is 7.89. The van der Waals surface area contributed by atoms with Crippen molar-refractivity contribution >= 4 is 10.0 Å². The summed E-state index contributed by atoms with van der Waals surface area (Å²) in [6, 6.07) is 6.09. The van der Waals surface area contributed by atoms with Crippen LogP contribution in [0, 0.1) is 0 Å². The SMILES string of the molecule is COCC(CO)NS(=O)(=O)c1ccc(C(C)C)cc1. The van der Waals surface area contributed by atoms with Crippen molar-refractivity contribution < 1.29 is 18.3 Å². The van der Waals surface area contributed by atoms with Gasteiger partial charge >= 0.3 is 0 Å². The molecule has 5 nitrogen and oxygen atoms in total. The van der Waals surface area contributed by atoms with Crippen molar-refractivity contribution in [3.8, 4) is 0 Å². The molecule has 19 heavy (non-hydrogen) atoms. The maximum atomic E-state index is 12.1. The van der Waals surface area contributed by atoms with E-state index in [-0.39, 0.29) is 18.1 Å². The molecule has 0 aliphatic carbocycles. The molecule has 1 aromatic rings. The first kappa shape index (κ1) is 16.1. The summed E-state index contributed by atoms with van der Waals surface area (Å²) in [4.78, 5) is 0.187. The summed E-state index contributed by atoms with van der Waals surface area (Å²) >= 11 is 0. The van der Waals surface area contributed by atoms with Crippen LogP contribution in [0.3, 0.4) is 0 Å². The Labute approximate surface area is 114 Å². The number of hydrogen-bond donors (Lipinski definition) is 2. The van der Waals surface area contributed by atoms with Crippen LogP contribution in [0.25, 0.3) is 0 Å². The summed E-state index contributed by atoms with van der Waals surface area (Å²) in [5, 5.41) is 9.08. The smallest absolute Gasteiger partial charge is 0.240 e. The van der Waals surface area contributed by atoms with Gasteiger partial charge in [-0.1, -0.05) is 26.0 Å². The van der Waals surface area contributed by atoms with Gasteiger partial charge in [0.2, 0.25) is 10.0 Å². The van der Waals surface area contributed by atoms with Crippen LogP contribution in [-0.4, -0.2) is 39.9 Å². The highest BCUT2D eigenvalue weighted by atomic mass is 32.2. The fraction of sp³-hybridized carbons (Fsp3) is 0.538. The summed E-state index contributed by atoms with van der Waals surface area (Å²) in [6.07, 6.45) is 0. The van der Waals surface area contributed by atoms with Crippen molar-refractivity contribution in [2.24, 2.45) is 0 Å². The largest absolute Gasteiger partial charge is 0.395 e. The van der Waals surface area contributed by atoms with E-state index in [1.807, 2.05) is 13.8 Å². The van der Waals surface area contributed by atoms with Crippen LogP contribution in [-0.2, 0) is 14.8 Å². The van der Waals surface area contributed by atoms with Crippen LogP contribution in [0.4, 0.5) is 0 Å². The number of aliphatic hydroxyl groups excluding tert-OH is 1. The number of sulfonamides is 1. The molecule has 1 rings (SSSR count). The first-order chi connectivity index (χ1) is 8.90. The predicted molar refractivity (Wildman–Crippen MR) is 73.6 cm³/mol. The number of nitrogens with one attached hydrogen (secondary N) is 1. The molecule has 0 aromatic heterocycles. The van der Waals surface area contributed by atoms with E-state index >= 15 is 0 Å². The molecule has 2 N–H and O–H groups in total. The summed E-state index contributed by atoms with van der Waals surface area (Å²) < 4.78 is 31.4. The van der Waals surface area contributed by atoms with Crippen LogP contribution in [0.15, 0.2) is 29.2 Å². The molecule has 0 amide bonds. The predicted octanol–water partition coefficient (Wildman–Crippen LogP) is 1.10.